The van der Waals surface area contributed by atoms with Gasteiger partial charge in [-0.25, -0.2) is 21.1 Å². The van der Waals surface area contributed by atoms with Crippen LogP contribution < -0.4 is 9.62 Å². The number of nitrogens with zero attached hydrogens (tertiary/aromatic N) is 2. The van der Waals surface area contributed by atoms with Crippen LogP contribution in [-0.2, 0) is 31.4 Å². The second-order valence-corrected chi connectivity index (χ2v) is 12.7. The molecule has 1 saturated heterocycles. The Hall–Kier alpha value is -2.92. The lowest BCUT2D eigenvalue weighted by atomic mass is 10.1. The molecule has 0 aliphatic carbocycles. The van der Waals surface area contributed by atoms with Gasteiger partial charge in [-0.15, -0.1) is 0 Å². The second-order valence-electron chi connectivity index (χ2n) is 8.89. The van der Waals surface area contributed by atoms with Crippen molar-refractivity contribution < 1.29 is 21.6 Å². The molecule has 1 aliphatic rings. The van der Waals surface area contributed by atoms with Crippen LogP contribution in [0.15, 0.2) is 88.7 Å². The molecule has 10 heteroatoms. The molecule has 0 saturated carbocycles. The lowest BCUT2D eigenvalue weighted by molar-refractivity contribution is 0.0316. The molecule has 0 aromatic heterocycles. The summed E-state index contributed by atoms with van der Waals surface area (Å²) in [7, 11) is -4.73. The van der Waals surface area contributed by atoms with Crippen molar-refractivity contribution in [2.45, 2.75) is 35.3 Å². The highest BCUT2D eigenvalue weighted by atomic mass is 32.2. The van der Waals surface area contributed by atoms with E-state index in [4.69, 9.17) is 4.74 Å². The lowest BCUT2D eigenvalue weighted by Gasteiger charge is -2.35. The molecule has 0 radical (unpaired) electrons. The molecule has 3 aromatic rings. The largest absolute Gasteiger partial charge is 0.372 e. The predicted octanol–water partition coefficient (Wildman–Crippen LogP) is 3.92. The van der Waals surface area contributed by atoms with E-state index in [1.165, 1.54) is 38.4 Å². The quantitative estimate of drug-likeness (QED) is 0.451. The van der Waals surface area contributed by atoms with Crippen molar-refractivity contribution in [1.29, 1.82) is 0 Å². The average Bonchev–Trinajstić information content (AvgIpc) is 2.88. The van der Waals surface area contributed by atoms with Crippen molar-refractivity contribution in [1.82, 2.24) is 4.31 Å². The number of nitrogens with one attached hydrogen (secondary N) is 1. The second kappa shape index (κ2) is 11.0. The van der Waals surface area contributed by atoms with Gasteiger partial charge in [0.15, 0.2) is 0 Å². The van der Waals surface area contributed by atoms with Gasteiger partial charge in [0.05, 0.1) is 33.9 Å². The minimum absolute atomic E-state index is 0.0160. The van der Waals surface area contributed by atoms with Crippen LogP contribution in [0.4, 0.5) is 11.4 Å². The van der Waals surface area contributed by atoms with Crippen LogP contribution in [0, 0.1) is 0 Å². The normalized spacial score (nSPS) is 16.8. The third kappa shape index (κ3) is 6.07. The Morgan fingerprint density at radius 3 is 2.22 bits per heavy atom. The number of ether oxygens (including phenoxy) is 1. The summed E-state index contributed by atoms with van der Waals surface area (Å²) in [5, 5.41) is 0. The highest BCUT2D eigenvalue weighted by Gasteiger charge is 2.25. The van der Waals surface area contributed by atoms with E-state index >= 15 is 0 Å². The van der Waals surface area contributed by atoms with Gasteiger partial charge >= 0.3 is 0 Å². The Balaban J connectivity index is 1.49. The van der Waals surface area contributed by atoms with Crippen molar-refractivity contribution >= 4 is 31.4 Å². The molecule has 0 bridgehead atoms. The molecule has 1 heterocycles. The molecular formula is C26H31N3O5S2. The van der Waals surface area contributed by atoms with Crippen molar-refractivity contribution in [2.75, 3.05) is 36.8 Å². The Labute approximate surface area is 213 Å². The fourth-order valence-corrected chi connectivity index (χ4v) is 6.10. The zero-order chi connectivity index (χ0) is 25.8. The summed E-state index contributed by atoms with van der Waals surface area (Å²) in [6, 6.07) is 22.5. The van der Waals surface area contributed by atoms with E-state index in [9.17, 15) is 16.8 Å². The Morgan fingerprint density at radius 1 is 0.889 bits per heavy atom. The molecule has 192 valence electrons. The van der Waals surface area contributed by atoms with E-state index in [1.807, 2.05) is 42.5 Å². The van der Waals surface area contributed by atoms with E-state index in [2.05, 4.69) is 9.62 Å². The number of hydrogen-bond donors (Lipinski definition) is 1. The van der Waals surface area contributed by atoms with Gasteiger partial charge in [-0.3, -0.25) is 4.72 Å². The highest BCUT2D eigenvalue weighted by Crippen LogP contribution is 2.31. The van der Waals surface area contributed by atoms with E-state index in [0.717, 1.165) is 34.9 Å². The zero-order valence-electron chi connectivity index (χ0n) is 20.4. The maximum atomic E-state index is 13.1. The van der Waals surface area contributed by atoms with Crippen molar-refractivity contribution in [3.05, 3.63) is 84.4 Å². The van der Waals surface area contributed by atoms with Crippen LogP contribution in [0.25, 0.3) is 0 Å². The van der Waals surface area contributed by atoms with E-state index in [1.54, 1.807) is 12.1 Å². The highest BCUT2D eigenvalue weighted by molar-refractivity contribution is 7.92. The summed E-state index contributed by atoms with van der Waals surface area (Å²) in [6.45, 7) is 1.98. The maximum Gasteiger partial charge on any atom is 0.261 e. The Bertz CT molecular complexity index is 1380. The number of para-hydroxylation sites is 2. The van der Waals surface area contributed by atoms with E-state index in [-0.39, 0.29) is 15.9 Å². The number of hydrogen-bond acceptors (Lipinski definition) is 6. The molecule has 3 aromatic carbocycles. The fourth-order valence-electron chi connectivity index (χ4n) is 4.12. The molecule has 4 rings (SSSR count). The van der Waals surface area contributed by atoms with Gasteiger partial charge in [0, 0.05) is 27.2 Å². The summed E-state index contributed by atoms with van der Waals surface area (Å²) in [5.74, 6) is 0. The zero-order valence-corrected chi connectivity index (χ0v) is 22.0. The van der Waals surface area contributed by atoms with Gasteiger partial charge in [0.2, 0.25) is 10.0 Å². The summed E-state index contributed by atoms with van der Waals surface area (Å²) < 4.78 is 60.8. The molecule has 0 amide bonds. The third-order valence-corrected chi connectivity index (χ3v) is 9.32. The SMILES string of the molecule is CN(C)S(=O)(=O)c1ccc(S(=O)(=O)Nc2ccccc2N2CCC[C@H](OCc3ccccc3)C2)cc1. The van der Waals surface area contributed by atoms with Crippen molar-refractivity contribution in [2.24, 2.45) is 0 Å². The molecule has 36 heavy (non-hydrogen) atoms. The average molecular weight is 530 g/mol. The lowest BCUT2D eigenvalue weighted by Crippen LogP contribution is -2.40. The fraction of sp³-hybridized carbons (Fsp3) is 0.308. The van der Waals surface area contributed by atoms with Gasteiger partial charge in [0.25, 0.3) is 10.0 Å². The van der Waals surface area contributed by atoms with Crippen LogP contribution in [-0.4, -0.2) is 54.4 Å². The van der Waals surface area contributed by atoms with Crippen molar-refractivity contribution in [3.63, 3.8) is 0 Å². The first-order valence-electron chi connectivity index (χ1n) is 11.7. The first-order valence-corrected chi connectivity index (χ1v) is 14.6. The third-order valence-electron chi connectivity index (χ3n) is 6.11. The number of sulfonamides is 2. The number of anilines is 2. The smallest absolute Gasteiger partial charge is 0.261 e. The predicted molar refractivity (Wildman–Crippen MR) is 141 cm³/mol. The molecule has 1 aliphatic heterocycles. The molecule has 0 spiro atoms. The monoisotopic (exact) mass is 529 g/mol. The van der Waals surface area contributed by atoms with Crippen LogP contribution in [0.3, 0.4) is 0 Å². The van der Waals surface area contributed by atoms with Gasteiger partial charge in [-0.05, 0) is 54.8 Å². The molecule has 8 nitrogen and oxygen atoms in total. The van der Waals surface area contributed by atoms with Crippen LogP contribution in [0.5, 0.6) is 0 Å². The maximum absolute atomic E-state index is 13.1. The first kappa shape index (κ1) is 26.2. The summed E-state index contributed by atoms with van der Waals surface area (Å²) in [4.78, 5) is 2.16. The molecule has 1 N–H and O–H groups in total. The van der Waals surface area contributed by atoms with Gasteiger partial charge in [-0.2, -0.15) is 0 Å². The van der Waals surface area contributed by atoms with Gasteiger partial charge in [-0.1, -0.05) is 42.5 Å². The number of piperidine rings is 1. The van der Waals surface area contributed by atoms with Gasteiger partial charge < -0.3 is 9.64 Å². The molecule has 1 fully saturated rings. The first-order chi connectivity index (χ1) is 17.2. The topological polar surface area (TPSA) is 96.0 Å². The van der Waals surface area contributed by atoms with E-state index in [0.29, 0.717) is 18.8 Å². The van der Waals surface area contributed by atoms with Crippen LogP contribution >= 0.6 is 0 Å². The summed E-state index contributed by atoms with van der Waals surface area (Å²) in [5.41, 5.74) is 2.36. The van der Waals surface area contributed by atoms with Crippen LogP contribution in [0.1, 0.15) is 18.4 Å². The number of rotatable bonds is 9. The van der Waals surface area contributed by atoms with Gasteiger partial charge in [0.1, 0.15) is 0 Å². The Kier molecular flexibility index (Phi) is 7.99. The molecule has 0 unspecified atom stereocenters. The summed E-state index contributed by atoms with van der Waals surface area (Å²) in [6.07, 6.45) is 1.91. The molecule has 1 atom stereocenters. The van der Waals surface area contributed by atoms with Crippen LogP contribution in [0.2, 0.25) is 0 Å². The molecular weight excluding hydrogens is 498 g/mol. The number of benzene rings is 3. The Morgan fingerprint density at radius 2 is 1.53 bits per heavy atom. The van der Waals surface area contributed by atoms with E-state index < -0.39 is 20.0 Å². The standard InChI is InChI=1S/C26H31N3O5S2/c1-28(2)36(32,33)24-16-14-23(15-17-24)35(30,31)27-25-12-6-7-13-26(25)29-18-8-11-22(19-29)34-20-21-9-4-3-5-10-21/h3-7,9-10,12-17,22,27H,8,11,18-20H2,1-2H3/t22-/m0/s1. The van der Waals surface area contributed by atoms with Crippen molar-refractivity contribution in [3.8, 4) is 0 Å². The minimum Gasteiger partial charge on any atom is -0.372 e. The summed E-state index contributed by atoms with van der Waals surface area (Å²) >= 11 is 0. The minimum atomic E-state index is -3.93.